The molecule has 0 radical (unpaired) electrons. The Bertz CT molecular complexity index is 298. The first-order valence-electron chi connectivity index (χ1n) is 5.67. The van der Waals surface area contributed by atoms with Crippen LogP contribution in [-0.4, -0.2) is 63.7 Å². The molecule has 0 amide bonds. The Morgan fingerprint density at radius 1 is 1.17 bits per heavy atom. The predicted octanol–water partition coefficient (Wildman–Crippen LogP) is -1.06. The normalized spacial score (nSPS) is 37.6. The summed E-state index contributed by atoms with van der Waals surface area (Å²) in [6.07, 6.45) is -7.69. The summed E-state index contributed by atoms with van der Waals surface area (Å²) in [7, 11) is 0. The largest absolute Gasteiger partial charge is 0.479 e. The topological polar surface area (TPSA) is 116 Å². The van der Waals surface area contributed by atoms with Gasteiger partial charge in [0, 0.05) is 0 Å². The SMILES string of the molecule is CC(C)(C)COC1OC(C(=O)O)C(O)C(O)C1O. The predicted molar refractivity (Wildman–Crippen MR) is 59.7 cm³/mol. The molecular formula is C11H20O7. The molecule has 1 aliphatic rings. The van der Waals surface area contributed by atoms with Crippen molar-refractivity contribution >= 4 is 5.97 Å². The molecule has 1 aliphatic heterocycles. The smallest absolute Gasteiger partial charge is 0.335 e. The van der Waals surface area contributed by atoms with Gasteiger partial charge in [-0.25, -0.2) is 4.79 Å². The van der Waals surface area contributed by atoms with E-state index in [1.54, 1.807) is 0 Å². The Morgan fingerprint density at radius 2 is 1.72 bits per heavy atom. The zero-order valence-electron chi connectivity index (χ0n) is 10.6. The molecule has 0 aliphatic carbocycles. The van der Waals surface area contributed by atoms with Crippen LogP contribution >= 0.6 is 0 Å². The third-order valence-electron chi connectivity index (χ3n) is 2.49. The van der Waals surface area contributed by atoms with Gasteiger partial charge in [-0.2, -0.15) is 0 Å². The third-order valence-corrected chi connectivity index (χ3v) is 2.49. The molecular weight excluding hydrogens is 244 g/mol. The van der Waals surface area contributed by atoms with Crippen molar-refractivity contribution in [3.8, 4) is 0 Å². The van der Waals surface area contributed by atoms with Gasteiger partial charge in [0.2, 0.25) is 0 Å². The highest BCUT2D eigenvalue weighted by molar-refractivity contribution is 5.73. The molecule has 1 heterocycles. The van der Waals surface area contributed by atoms with Crippen molar-refractivity contribution < 1.29 is 34.7 Å². The summed E-state index contributed by atoms with van der Waals surface area (Å²) < 4.78 is 10.2. The van der Waals surface area contributed by atoms with Crippen molar-refractivity contribution in [2.75, 3.05) is 6.61 Å². The van der Waals surface area contributed by atoms with Gasteiger partial charge in [-0.3, -0.25) is 0 Å². The summed E-state index contributed by atoms with van der Waals surface area (Å²) in [4.78, 5) is 10.8. The van der Waals surface area contributed by atoms with Gasteiger partial charge in [0.1, 0.15) is 18.3 Å². The molecule has 0 aromatic rings. The van der Waals surface area contributed by atoms with Crippen LogP contribution in [0.3, 0.4) is 0 Å². The molecule has 0 spiro atoms. The van der Waals surface area contributed by atoms with Crippen LogP contribution in [0, 0.1) is 5.41 Å². The number of carboxylic acid groups (broad SMARTS) is 1. The summed E-state index contributed by atoms with van der Waals surface area (Å²) in [5.41, 5.74) is -0.206. The number of aliphatic hydroxyl groups is 3. The molecule has 0 aromatic heterocycles. The van der Waals surface area contributed by atoms with Crippen molar-refractivity contribution in [2.24, 2.45) is 5.41 Å². The number of hydrogen-bond acceptors (Lipinski definition) is 6. The minimum absolute atomic E-state index is 0.206. The summed E-state index contributed by atoms with van der Waals surface area (Å²) in [5, 5.41) is 37.5. The van der Waals surface area contributed by atoms with Crippen molar-refractivity contribution in [3.63, 3.8) is 0 Å². The molecule has 1 rings (SSSR count). The lowest BCUT2D eigenvalue weighted by atomic mass is 9.97. The van der Waals surface area contributed by atoms with Gasteiger partial charge in [-0.15, -0.1) is 0 Å². The number of carboxylic acids is 1. The lowest BCUT2D eigenvalue weighted by Crippen LogP contribution is -2.60. The fraction of sp³-hybridized carbons (Fsp3) is 0.909. The van der Waals surface area contributed by atoms with E-state index in [0.717, 1.165) is 0 Å². The molecule has 0 saturated carbocycles. The Labute approximate surface area is 105 Å². The lowest BCUT2D eigenvalue weighted by Gasteiger charge is -2.39. The minimum atomic E-state index is -1.69. The molecule has 5 atom stereocenters. The molecule has 1 saturated heterocycles. The first-order chi connectivity index (χ1) is 8.13. The van der Waals surface area contributed by atoms with E-state index >= 15 is 0 Å². The highest BCUT2D eigenvalue weighted by Crippen LogP contribution is 2.24. The van der Waals surface area contributed by atoms with Gasteiger partial charge < -0.3 is 29.9 Å². The molecule has 0 bridgehead atoms. The van der Waals surface area contributed by atoms with Crippen LogP contribution in [-0.2, 0) is 14.3 Å². The van der Waals surface area contributed by atoms with E-state index < -0.39 is 36.7 Å². The Hall–Kier alpha value is -0.730. The van der Waals surface area contributed by atoms with Crippen LogP contribution in [0.25, 0.3) is 0 Å². The maximum Gasteiger partial charge on any atom is 0.335 e. The first-order valence-corrected chi connectivity index (χ1v) is 5.67. The average Bonchev–Trinajstić information content (AvgIpc) is 2.23. The van der Waals surface area contributed by atoms with Crippen LogP contribution in [0.1, 0.15) is 20.8 Å². The first kappa shape index (κ1) is 15.3. The van der Waals surface area contributed by atoms with Gasteiger partial charge in [0.15, 0.2) is 12.4 Å². The van der Waals surface area contributed by atoms with Gasteiger partial charge in [0.05, 0.1) is 6.61 Å². The van der Waals surface area contributed by atoms with Crippen LogP contribution in [0.5, 0.6) is 0 Å². The van der Waals surface area contributed by atoms with Gasteiger partial charge >= 0.3 is 5.97 Å². The molecule has 4 N–H and O–H groups in total. The molecule has 1 fully saturated rings. The van der Waals surface area contributed by atoms with E-state index in [-0.39, 0.29) is 12.0 Å². The quantitative estimate of drug-likeness (QED) is 0.513. The van der Waals surface area contributed by atoms with E-state index in [0.29, 0.717) is 0 Å². The van der Waals surface area contributed by atoms with Gasteiger partial charge in [-0.1, -0.05) is 20.8 Å². The molecule has 5 unspecified atom stereocenters. The van der Waals surface area contributed by atoms with Gasteiger partial charge in [0.25, 0.3) is 0 Å². The van der Waals surface area contributed by atoms with E-state index in [1.807, 2.05) is 20.8 Å². The van der Waals surface area contributed by atoms with Crippen LogP contribution < -0.4 is 0 Å². The van der Waals surface area contributed by atoms with Crippen LogP contribution in [0.2, 0.25) is 0 Å². The maximum absolute atomic E-state index is 10.8. The molecule has 0 aromatic carbocycles. The second-order valence-corrected chi connectivity index (χ2v) is 5.61. The molecule has 106 valence electrons. The number of hydrogen-bond donors (Lipinski definition) is 4. The highest BCUT2D eigenvalue weighted by atomic mass is 16.7. The number of carbonyl (C=O) groups is 1. The molecule has 7 nitrogen and oxygen atoms in total. The fourth-order valence-electron chi connectivity index (χ4n) is 1.52. The van der Waals surface area contributed by atoms with E-state index in [4.69, 9.17) is 14.6 Å². The number of aliphatic hydroxyl groups excluding tert-OH is 3. The van der Waals surface area contributed by atoms with Crippen LogP contribution in [0.15, 0.2) is 0 Å². The van der Waals surface area contributed by atoms with E-state index in [1.165, 1.54) is 0 Å². The monoisotopic (exact) mass is 264 g/mol. The Morgan fingerprint density at radius 3 is 2.17 bits per heavy atom. The number of rotatable bonds is 3. The molecule has 7 heteroatoms. The Balaban J connectivity index is 2.70. The number of ether oxygens (including phenoxy) is 2. The van der Waals surface area contributed by atoms with Crippen LogP contribution in [0.4, 0.5) is 0 Å². The lowest BCUT2D eigenvalue weighted by molar-refractivity contribution is -0.298. The summed E-state index contributed by atoms with van der Waals surface area (Å²) in [5.74, 6) is -1.42. The zero-order valence-corrected chi connectivity index (χ0v) is 10.6. The number of aliphatic carboxylic acids is 1. The van der Waals surface area contributed by atoms with Gasteiger partial charge in [-0.05, 0) is 5.41 Å². The summed E-state index contributed by atoms with van der Waals surface area (Å²) >= 11 is 0. The van der Waals surface area contributed by atoms with Crippen molar-refractivity contribution in [1.29, 1.82) is 0 Å². The molecule has 18 heavy (non-hydrogen) atoms. The third kappa shape index (κ3) is 3.63. The second kappa shape index (κ2) is 5.50. The van der Waals surface area contributed by atoms with Crippen molar-refractivity contribution in [2.45, 2.75) is 51.5 Å². The summed E-state index contributed by atoms with van der Waals surface area (Å²) in [6, 6.07) is 0. The Kier molecular flexibility index (Phi) is 4.68. The standard InChI is InChI=1S/C11H20O7/c1-11(2,3)4-17-10-7(14)5(12)6(13)8(18-10)9(15)16/h5-8,10,12-14H,4H2,1-3H3,(H,15,16). The average molecular weight is 264 g/mol. The zero-order chi connectivity index (χ0) is 14.1. The van der Waals surface area contributed by atoms with Crippen molar-refractivity contribution in [3.05, 3.63) is 0 Å². The van der Waals surface area contributed by atoms with Crippen molar-refractivity contribution in [1.82, 2.24) is 0 Å². The maximum atomic E-state index is 10.8. The van der Waals surface area contributed by atoms with E-state index in [2.05, 4.69) is 0 Å². The highest BCUT2D eigenvalue weighted by Gasteiger charge is 2.47. The second-order valence-electron chi connectivity index (χ2n) is 5.61. The fourth-order valence-corrected chi connectivity index (χ4v) is 1.52. The van der Waals surface area contributed by atoms with E-state index in [9.17, 15) is 20.1 Å². The summed E-state index contributed by atoms with van der Waals surface area (Å²) in [6.45, 7) is 5.89. The minimum Gasteiger partial charge on any atom is -0.479 e.